The lowest BCUT2D eigenvalue weighted by atomic mass is 10.1. The van der Waals surface area contributed by atoms with Crippen molar-refractivity contribution in [1.82, 2.24) is 9.13 Å². The van der Waals surface area contributed by atoms with Gasteiger partial charge in [0.05, 0.1) is 37.3 Å². The van der Waals surface area contributed by atoms with Crippen LogP contribution in [-0.2, 0) is 51.0 Å². The van der Waals surface area contributed by atoms with Crippen LogP contribution in [0.1, 0.15) is 27.7 Å². The molecule has 4 unspecified atom stereocenters. The fourth-order valence-corrected chi connectivity index (χ4v) is 6.76. The van der Waals surface area contributed by atoms with Crippen molar-refractivity contribution < 1.29 is 48.1 Å². The molecular weight excluding hydrogens is 612 g/mol. The Bertz CT molecular complexity index is 1470. The van der Waals surface area contributed by atoms with Gasteiger partial charge in [0.1, 0.15) is 48.8 Å². The smallest absolute Gasteiger partial charge is 0.329 e. The van der Waals surface area contributed by atoms with E-state index in [2.05, 4.69) is 13.2 Å². The summed E-state index contributed by atoms with van der Waals surface area (Å²) in [7, 11) is 0. The predicted octanol–water partition coefficient (Wildman–Crippen LogP) is 2.07. The zero-order chi connectivity index (χ0) is 32.3. The third-order valence-electron chi connectivity index (χ3n) is 8.35. The number of ether oxygens (including phenoxy) is 8. The summed E-state index contributed by atoms with van der Waals surface area (Å²) < 4.78 is 50.6. The number of rotatable bonds is 12. The van der Waals surface area contributed by atoms with Crippen LogP contribution in [0.4, 0.5) is 0 Å². The van der Waals surface area contributed by atoms with Gasteiger partial charge in [-0.05, 0) is 45.9 Å². The molecule has 10 atom stereocenters. The highest BCUT2D eigenvalue weighted by Crippen LogP contribution is 2.41. The maximum Gasteiger partial charge on any atom is 0.329 e. The van der Waals surface area contributed by atoms with E-state index in [4.69, 9.17) is 49.5 Å². The summed E-state index contributed by atoms with van der Waals surface area (Å²) in [4.78, 5) is 14.0. The molecule has 0 radical (unpaired) electrons. The number of imidazole rings is 1. The molecule has 0 amide bonds. The lowest BCUT2D eigenvalue weighted by Gasteiger charge is -2.28. The molecule has 4 aliphatic heterocycles. The van der Waals surface area contributed by atoms with Gasteiger partial charge in [-0.1, -0.05) is 23.8 Å². The van der Waals surface area contributed by atoms with Crippen LogP contribution in [0, 0.1) is 0 Å². The van der Waals surface area contributed by atoms with Gasteiger partial charge in [-0.3, -0.25) is 9.13 Å². The number of halogens is 1. The van der Waals surface area contributed by atoms with Gasteiger partial charge in [0.25, 0.3) is 0 Å². The van der Waals surface area contributed by atoms with Crippen molar-refractivity contribution in [2.24, 2.45) is 0 Å². The van der Waals surface area contributed by atoms with Crippen LogP contribution >= 0.6 is 11.6 Å². The Morgan fingerprint density at radius 3 is 1.78 bits per heavy atom. The van der Waals surface area contributed by atoms with Gasteiger partial charge in [0.2, 0.25) is 0 Å². The van der Waals surface area contributed by atoms with E-state index >= 15 is 0 Å². The molecule has 1 aromatic heterocycles. The third-order valence-corrected chi connectivity index (χ3v) is 8.58. The number of fused-ring (bicyclic) bond motifs is 3. The molecular formula is C31H41ClN2O11. The Morgan fingerprint density at radius 1 is 0.844 bits per heavy atom. The summed E-state index contributed by atoms with van der Waals surface area (Å²) >= 11 is 6.35. The quantitative estimate of drug-likeness (QED) is 0.326. The van der Waals surface area contributed by atoms with Crippen molar-refractivity contribution in [2.75, 3.05) is 13.2 Å². The molecule has 2 N–H and O–H groups in total. The summed E-state index contributed by atoms with van der Waals surface area (Å²) in [5.74, 6) is -1.76. The number of aliphatic hydroxyl groups is 2. The second kappa shape index (κ2) is 12.5. The van der Waals surface area contributed by atoms with Crippen molar-refractivity contribution in [2.45, 2.75) is 114 Å². The van der Waals surface area contributed by atoms with Crippen LogP contribution in [-0.4, -0.2) is 106 Å². The highest BCUT2D eigenvalue weighted by molar-refractivity contribution is 6.31. The molecule has 4 aliphatic rings. The lowest BCUT2D eigenvalue weighted by Crippen LogP contribution is -2.46. The number of hydrogen-bond donors (Lipinski definition) is 2. The van der Waals surface area contributed by atoms with Crippen LogP contribution < -0.4 is 5.69 Å². The second-order valence-electron chi connectivity index (χ2n) is 12.6. The van der Waals surface area contributed by atoms with Crippen LogP contribution in [0.15, 0.2) is 48.3 Å². The molecule has 0 saturated carbocycles. The largest absolute Gasteiger partial charge is 0.388 e. The van der Waals surface area contributed by atoms with Crippen LogP contribution in [0.2, 0.25) is 5.02 Å². The van der Waals surface area contributed by atoms with E-state index in [-0.39, 0.29) is 26.3 Å². The number of hydrogen-bond acceptors (Lipinski definition) is 11. The highest BCUT2D eigenvalue weighted by Gasteiger charge is 2.58. The van der Waals surface area contributed by atoms with Crippen molar-refractivity contribution >= 4 is 22.6 Å². The maximum atomic E-state index is 14.0. The van der Waals surface area contributed by atoms with Gasteiger partial charge in [-0.15, -0.1) is 13.2 Å². The minimum absolute atomic E-state index is 0.145. The minimum Gasteiger partial charge on any atom is -0.388 e. The van der Waals surface area contributed by atoms with Crippen molar-refractivity contribution in [3.63, 3.8) is 0 Å². The first kappa shape index (κ1) is 32.8. The summed E-state index contributed by atoms with van der Waals surface area (Å²) in [6.45, 7) is 14.6. The summed E-state index contributed by atoms with van der Waals surface area (Å²) in [5.41, 5.74) is 0.491. The fraction of sp³-hybridized carbons (Fsp3) is 0.645. The molecule has 0 spiro atoms. The Hall–Kier alpha value is -2.14. The Labute approximate surface area is 265 Å². The first-order valence-electron chi connectivity index (χ1n) is 15.0. The van der Waals surface area contributed by atoms with Gasteiger partial charge in [-0.25, -0.2) is 4.79 Å². The SMILES string of the molecule is C=CCO[C@@H]1[C@H]2OC(C)(C)O[C@@H]2O[C@@H]1C(O)Cn1c(=O)n(CC(O)[C@H]2OC3OC(C)(C)OC3[C@H]2OCC=C)c2ccc(Cl)cc21. The third kappa shape index (κ3) is 6.29. The number of aliphatic hydroxyl groups excluding tert-OH is 2. The van der Waals surface area contributed by atoms with Gasteiger partial charge >= 0.3 is 5.69 Å². The number of aromatic nitrogens is 2. The summed E-state index contributed by atoms with van der Waals surface area (Å²) in [6, 6.07) is 4.98. The van der Waals surface area contributed by atoms with Gasteiger partial charge in [0, 0.05) is 5.02 Å². The van der Waals surface area contributed by atoms with E-state index in [1.807, 2.05) is 0 Å². The first-order chi connectivity index (χ1) is 21.3. The monoisotopic (exact) mass is 652 g/mol. The van der Waals surface area contributed by atoms with Gasteiger partial charge in [-0.2, -0.15) is 0 Å². The molecule has 1 aromatic carbocycles. The van der Waals surface area contributed by atoms with Crippen molar-refractivity contribution in [1.29, 1.82) is 0 Å². The number of nitrogens with zero attached hydrogens (tertiary/aromatic N) is 2. The van der Waals surface area contributed by atoms with Gasteiger partial charge in [0.15, 0.2) is 24.2 Å². The Balaban J connectivity index is 1.25. The van der Waals surface area contributed by atoms with Crippen LogP contribution in [0.25, 0.3) is 11.0 Å². The van der Waals surface area contributed by atoms with E-state index < -0.39 is 78.7 Å². The molecule has 6 rings (SSSR count). The van der Waals surface area contributed by atoms with Crippen molar-refractivity contribution in [3.05, 3.63) is 59.0 Å². The normalized spacial score (nSPS) is 34.6. The van der Waals surface area contributed by atoms with Gasteiger partial charge < -0.3 is 48.1 Å². The Morgan fingerprint density at radius 2 is 1.31 bits per heavy atom. The molecule has 5 heterocycles. The molecule has 14 heteroatoms. The number of benzene rings is 1. The topological polar surface area (TPSA) is 141 Å². The van der Waals surface area contributed by atoms with E-state index in [1.165, 1.54) is 9.13 Å². The fourth-order valence-electron chi connectivity index (χ4n) is 6.59. The molecule has 0 bridgehead atoms. The zero-order valence-corrected chi connectivity index (χ0v) is 26.5. The van der Waals surface area contributed by atoms with E-state index in [9.17, 15) is 15.0 Å². The first-order valence-corrected chi connectivity index (χ1v) is 15.4. The van der Waals surface area contributed by atoms with E-state index in [0.29, 0.717) is 16.1 Å². The highest BCUT2D eigenvalue weighted by atomic mass is 35.5. The summed E-state index contributed by atoms with van der Waals surface area (Å²) in [5, 5.41) is 23.3. The molecule has 4 saturated heterocycles. The van der Waals surface area contributed by atoms with Crippen LogP contribution in [0.3, 0.4) is 0 Å². The average Bonchev–Trinajstić information content (AvgIpc) is 3.70. The molecule has 4 fully saturated rings. The van der Waals surface area contributed by atoms with Crippen molar-refractivity contribution in [3.8, 4) is 0 Å². The Kier molecular flexibility index (Phi) is 9.09. The van der Waals surface area contributed by atoms with E-state index in [0.717, 1.165) is 0 Å². The minimum atomic E-state index is -1.20. The zero-order valence-electron chi connectivity index (χ0n) is 25.7. The summed E-state index contributed by atoms with van der Waals surface area (Å²) in [6.07, 6.45) is -4.95. The predicted molar refractivity (Wildman–Crippen MR) is 160 cm³/mol. The molecule has 0 aliphatic carbocycles. The molecule has 13 nitrogen and oxygen atoms in total. The molecule has 2 aromatic rings. The maximum absolute atomic E-state index is 14.0. The second-order valence-corrected chi connectivity index (χ2v) is 13.0. The lowest BCUT2D eigenvalue weighted by molar-refractivity contribution is -0.229. The standard InChI is InChI=1S/C31H41ClN2O11/c1-7-11-38-23-21(40-27-25(23)42-30(3,4)44-27)19(35)14-33-17-10-9-16(32)13-18(17)34(29(33)37)15-20(36)22-24(39-12-8-2)26-28(41-22)45-31(5,6)43-26/h7-10,13,19-28,35-36H,1-2,11-12,14-15H2,3-6H3/t19?,20?,21-,22-,23+,24+,25?,26-,27?,28+/m1/s1. The van der Waals surface area contributed by atoms with E-state index in [1.54, 1.807) is 58.0 Å². The molecule has 248 valence electrons. The molecule has 45 heavy (non-hydrogen) atoms. The van der Waals surface area contributed by atoms with Crippen LogP contribution in [0.5, 0.6) is 0 Å². The average molecular weight is 653 g/mol.